The lowest BCUT2D eigenvalue weighted by Crippen LogP contribution is -1.91. The van der Waals surface area contributed by atoms with Gasteiger partial charge in [0.25, 0.3) is 0 Å². The molecule has 0 atom stereocenters. The second kappa shape index (κ2) is 8.57. The van der Waals surface area contributed by atoms with Crippen LogP contribution in [-0.2, 0) is 0 Å². The SMILES string of the molecule is c1ccc2c(c1)oc1c3ccoc3cc(-c3c4ccccc4c(-c4ccc5sc6ccccc6c5c4)c4ccccc34)c21. The molecule has 0 amide bonds. The summed E-state index contributed by atoms with van der Waals surface area (Å²) >= 11 is 1.86. The van der Waals surface area contributed by atoms with Crippen molar-refractivity contribution in [2.45, 2.75) is 0 Å². The van der Waals surface area contributed by atoms with Gasteiger partial charge < -0.3 is 8.83 Å². The lowest BCUT2D eigenvalue weighted by molar-refractivity contribution is 0.615. The van der Waals surface area contributed by atoms with Crippen molar-refractivity contribution < 1.29 is 8.83 Å². The molecule has 10 aromatic rings. The lowest BCUT2D eigenvalue weighted by atomic mass is 9.84. The van der Waals surface area contributed by atoms with Crippen molar-refractivity contribution in [3.63, 3.8) is 0 Å². The van der Waals surface area contributed by atoms with Gasteiger partial charge in [-0.25, -0.2) is 0 Å². The van der Waals surface area contributed by atoms with Crippen LogP contribution in [0.5, 0.6) is 0 Å². The molecule has 0 saturated carbocycles. The maximum atomic E-state index is 6.51. The van der Waals surface area contributed by atoms with Gasteiger partial charge in [0.2, 0.25) is 0 Å². The Morgan fingerprint density at radius 1 is 0.442 bits per heavy atom. The summed E-state index contributed by atoms with van der Waals surface area (Å²) in [7, 11) is 0. The molecule has 0 spiro atoms. The van der Waals surface area contributed by atoms with E-state index in [0.717, 1.165) is 38.5 Å². The van der Waals surface area contributed by atoms with E-state index in [0.29, 0.717) is 0 Å². The van der Waals surface area contributed by atoms with Crippen LogP contribution >= 0.6 is 11.3 Å². The average Bonchev–Trinajstić information content (AvgIpc) is 3.78. The second-order valence-electron chi connectivity index (χ2n) is 11.2. The quantitative estimate of drug-likeness (QED) is 0.195. The molecule has 200 valence electrons. The van der Waals surface area contributed by atoms with Gasteiger partial charge in [-0.1, -0.05) is 91.0 Å². The molecule has 2 nitrogen and oxygen atoms in total. The van der Waals surface area contributed by atoms with Crippen LogP contribution in [0.15, 0.2) is 142 Å². The van der Waals surface area contributed by atoms with E-state index in [1.807, 2.05) is 23.5 Å². The van der Waals surface area contributed by atoms with Crippen LogP contribution < -0.4 is 0 Å². The van der Waals surface area contributed by atoms with Crippen molar-refractivity contribution in [1.29, 1.82) is 0 Å². The van der Waals surface area contributed by atoms with Gasteiger partial charge in [0.1, 0.15) is 16.7 Å². The van der Waals surface area contributed by atoms with E-state index in [9.17, 15) is 0 Å². The molecule has 3 aromatic heterocycles. The largest absolute Gasteiger partial charge is 0.464 e. The molecule has 0 aliphatic heterocycles. The van der Waals surface area contributed by atoms with Crippen molar-refractivity contribution in [3.8, 4) is 22.3 Å². The van der Waals surface area contributed by atoms with Crippen LogP contribution in [0.2, 0.25) is 0 Å². The van der Waals surface area contributed by atoms with Crippen molar-refractivity contribution in [3.05, 3.63) is 134 Å². The summed E-state index contributed by atoms with van der Waals surface area (Å²) in [6.45, 7) is 0. The minimum absolute atomic E-state index is 0.827. The van der Waals surface area contributed by atoms with E-state index in [4.69, 9.17) is 8.83 Å². The third-order valence-electron chi connectivity index (χ3n) is 8.95. The lowest BCUT2D eigenvalue weighted by Gasteiger charge is -2.18. The summed E-state index contributed by atoms with van der Waals surface area (Å²) in [6.07, 6.45) is 1.75. The van der Waals surface area contributed by atoms with Crippen LogP contribution in [0, 0.1) is 0 Å². The highest BCUT2D eigenvalue weighted by atomic mass is 32.1. The van der Waals surface area contributed by atoms with Crippen LogP contribution in [0.25, 0.3) is 96.9 Å². The van der Waals surface area contributed by atoms with Gasteiger partial charge in [-0.05, 0) is 80.2 Å². The number of benzene rings is 7. The highest BCUT2D eigenvalue weighted by Crippen LogP contribution is 2.49. The van der Waals surface area contributed by atoms with E-state index >= 15 is 0 Å². The Kier molecular flexibility index (Phi) is 4.63. The maximum absolute atomic E-state index is 6.51. The molecule has 10 rings (SSSR count). The van der Waals surface area contributed by atoms with Crippen molar-refractivity contribution in [2.24, 2.45) is 0 Å². The molecule has 43 heavy (non-hydrogen) atoms. The average molecular weight is 567 g/mol. The minimum Gasteiger partial charge on any atom is -0.464 e. The van der Waals surface area contributed by atoms with E-state index in [1.165, 1.54) is 58.4 Å². The molecule has 0 aliphatic carbocycles. The van der Waals surface area contributed by atoms with E-state index in [2.05, 4.69) is 115 Å². The topological polar surface area (TPSA) is 26.3 Å². The molecular weight excluding hydrogens is 545 g/mol. The Morgan fingerprint density at radius 2 is 1.07 bits per heavy atom. The Balaban J connectivity index is 1.38. The first-order chi connectivity index (χ1) is 21.3. The minimum atomic E-state index is 0.827. The van der Waals surface area contributed by atoms with Gasteiger partial charge in [0.15, 0.2) is 0 Å². The number of fused-ring (bicyclic) bond motifs is 10. The first-order valence-electron chi connectivity index (χ1n) is 14.5. The molecule has 0 aliphatic rings. The molecular formula is C40H22O2S. The van der Waals surface area contributed by atoms with Gasteiger partial charge in [-0.2, -0.15) is 0 Å². The van der Waals surface area contributed by atoms with Gasteiger partial charge in [-0.3, -0.25) is 0 Å². The zero-order valence-corrected chi connectivity index (χ0v) is 23.7. The summed E-state index contributed by atoms with van der Waals surface area (Å²) in [5.41, 5.74) is 7.40. The summed E-state index contributed by atoms with van der Waals surface area (Å²) in [5, 5.41) is 10.7. The Labute approximate surface area is 250 Å². The molecule has 0 unspecified atom stereocenters. The zero-order chi connectivity index (χ0) is 28.1. The van der Waals surface area contributed by atoms with E-state index in [1.54, 1.807) is 6.26 Å². The van der Waals surface area contributed by atoms with Crippen molar-refractivity contribution >= 4 is 86.0 Å². The maximum Gasteiger partial charge on any atom is 0.147 e. The third kappa shape index (κ3) is 3.17. The van der Waals surface area contributed by atoms with Crippen LogP contribution in [0.3, 0.4) is 0 Å². The van der Waals surface area contributed by atoms with Gasteiger partial charge >= 0.3 is 0 Å². The number of rotatable bonds is 2. The predicted octanol–water partition coefficient (Wildman–Crippen LogP) is 12.3. The molecule has 0 bridgehead atoms. The standard InChI is InChI=1S/C40H22O2S/c1-3-12-27-25(10-1)37(23-17-18-36-31(21-23)24-9-6-8-16-35(24)43-36)26-11-2-4-13-28(26)38(27)32-22-34-30(19-20-41-34)40-39(32)29-14-5-7-15-33(29)42-40/h1-22H. The molecule has 0 fully saturated rings. The first-order valence-corrected chi connectivity index (χ1v) is 15.3. The van der Waals surface area contributed by atoms with Gasteiger partial charge in [-0.15, -0.1) is 11.3 Å². The summed E-state index contributed by atoms with van der Waals surface area (Å²) in [5.74, 6) is 0. The third-order valence-corrected chi connectivity index (χ3v) is 10.1. The van der Waals surface area contributed by atoms with E-state index < -0.39 is 0 Å². The molecule has 3 heteroatoms. The highest BCUT2D eigenvalue weighted by molar-refractivity contribution is 7.25. The van der Waals surface area contributed by atoms with Gasteiger partial charge in [0.05, 0.1) is 11.6 Å². The molecule has 3 heterocycles. The number of hydrogen-bond donors (Lipinski definition) is 0. The second-order valence-corrected chi connectivity index (χ2v) is 12.3. The number of para-hydroxylation sites is 1. The van der Waals surface area contributed by atoms with Crippen LogP contribution in [-0.4, -0.2) is 0 Å². The van der Waals surface area contributed by atoms with E-state index in [-0.39, 0.29) is 0 Å². The van der Waals surface area contributed by atoms with Gasteiger partial charge in [0, 0.05) is 30.9 Å². The monoisotopic (exact) mass is 566 g/mol. The Hall–Kier alpha value is -5.38. The smallest absolute Gasteiger partial charge is 0.147 e. The fourth-order valence-corrected chi connectivity index (χ4v) is 8.22. The summed E-state index contributed by atoms with van der Waals surface area (Å²) < 4.78 is 15.2. The molecule has 0 radical (unpaired) electrons. The summed E-state index contributed by atoms with van der Waals surface area (Å²) in [6, 6.07) is 45.9. The van der Waals surface area contributed by atoms with Crippen LogP contribution in [0.1, 0.15) is 0 Å². The predicted molar refractivity (Wildman–Crippen MR) is 182 cm³/mol. The number of hydrogen-bond acceptors (Lipinski definition) is 3. The molecule has 0 N–H and O–H groups in total. The fourth-order valence-electron chi connectivity index (χ4n) is 7.13. The van der Waals surface area contributed by atoms with Crippen molar-refractivity contribution in [1.82, 2.24) is 0 Å². The van der Waals surface area contributed by atoms with Crippen molar-refractivity contribution in [2.75, 3.05) is 0 Å². The molecule has 0 saturated heterocycles. The number of thiophene rings is 1. The van der Waals surface area contributed by atoms with Crippen LogP contribution in [0.4, 0.5) is 0 Å². The number of furan rings is 2. The zero-order valence-electron chi connectivity index (χ0n) is 22.9. The Morgan fingerprint density at radius 3 is 1.84 bits per heavy atom. The highest BCUT2D eigenvalue weighted by Gasteiger charge is 2.23. The summed E-state index contributed by atoms with van der Waals surface area (Å²) in [4.78, 5) is 0. The Bertz CT molecular complexity index is 2680. The normalized spacial score (nSPS) is 12.2. The molecule has 7 aromatic carbocycles. The first kappa shape index (κ1) is 23.2. The fraction of sp³-hybridized carbons (Fsp3) is 0.